The summed E-state index contributed by atoms with van der Waals surface area (Å²) in [6, 6.07) is 20.7. The van der Waals surface area contributed by atoms with E-state index in [0.29, 0.717) is 5.92 Å². The SMILES string of the molecule is C.Cc1cc(Nc2cc(N3CC(N)C3)nc3c(-c4cnn(C)c4)cnn23)sn1.Cc1cc(Nc2cc(N3CCC[C@H](N)C3)nc3c(-c4cnn(C)c4)cnn23)sn1.Cc1cc(Nc2cc(N3CC[C@H](N)C3)nc3c(-c4cnn(C)c4)cnn23)sn1.Cc1cc(Nc2ccnc3c(-c4cn[nH]c4)cnn23)sn1.c1cc(Nc2cc(C3CCNCC3)ns2)n2ncc(-c3cn[nH]c3)c2n1. The molecular weight excluding hydrogens is 1770 g/mol. The van der Waals surface area contributed by atoms with Gasteiger partial charge >= 0.3 is 0 Å². The fourth-order valence-electron chi connectivity index (χ4n) is 16.0. The number of fused-ring (bicyclic) bond motifs is 5. The Balaban J connectivity index is 0.000000107. The number of rotatable bonds is 19. The first-order valence-corrected chi connectivity index (χ1v) is 46.3. The van der Waals surface area contributed by atoms with Crippen LogP contribution in [0.3, 0.4) is 0 Å². The first-order valence-electron chi connectivity index (χ1n) is 42.4. The Morgan fingerprint density at radius 3 is 1.08 bits per heavy atom. The lowest BCUT2D eigenvalue weighted by atomic mass is 9.95. The average Bonchev–Trinajstić information content (AvgIpc) is 1.61. The molecule has 4 aliphatic heterocycles. The number of nitrogens with one attached hydrogen (secondary N) is 8. The highest BCUT2D eigenvalue weighted by molar-refractivity contribution is 7.11. The van der Waals surface area contributed by atoms with E-state index in [2.05, 4.69) is 146 Å². The molecule has 20 aromatic rings. The number of nitrogens with zero attached hydrogens (tertiary/aromatic N) is 31. The standard InChI is InChI=1S/C19H23N9S.C18H21N9S.C17H19N9S.C17H18N8S.C13H11N7S.CH4/c1-12-6-18(29-25-12)23-17-7-16(27-5-3-4-14(20)11-27)24-19-15(9-22-28(17)19)13-8-21-26(2)10-13;1-11-5-17(28-24-11)22-16-6-15(26-4-3-13(19)10-26)23-18-14(8-21-27(16)18)12-7-20-25(2)9-12;1-10-3-16(27-23-10)21-15-4-14(25-8-12(18)9-25)22-17-13(6-20-26(15)17)11-5-19-24(2)7-11;1-4-18-5-2-11(1)14-7-16(26-24-14)23-15-3-6-19-17-13(10-22-25(15)17)12-8-20-21-9-12;1-8-4-12(21-19-8)18-11-2-3-14-13-10(7-17-20(11)13)9-5-15-16-6-9;/h6-10,14,23H,3-5,11,20H2,1-2H3;5-9,13,22H,3-4,10,19H2,1-2H3;3-7,12,21H,8-9,18H2,1-2H3;3,6-11,18,23H,1-2,4-5H2,(H,20,21);2-7,18H,1H3,(H,15,16);1H4/t14-;13-;;;;/m00..../s1. The summed E-state index contributed by atoms with van der Waals surface area (Å²) in [5.74, 6) is 7.49. The molecule has 0 radical (unpaired) electrons. The van der Waals surface area contributed by atoms with Crippen LogP contribution in [0.5, 0.6) is 0 Å². The van der Waals surface area contributed by atoms with Crippen LogP contribution in [0.25, 0.3) is 83.9 Å². The van der Waals surface area contributed by atoms with Gasteiger partial charge in [0.25, 0.3) is 0 Å². The maximum atomic E-state index is 6.22. The minimum absolute atomic E-state index is 0. The zero-order valence-electron chi connectivity index (χ0n) is 72.2. The maximum absolute atomic E-state index is 6.22. The van der Waals surface area contributed by atoms with Crippen molar-refractivity contribution in [2.75, 3.05) is 93.6 Å². The van der Waals surface area contributed by atoms with Gasteiger partial charge in [0, 0.05) is 202 Å². The van der Waals surface area contributed by atoms with Crippen LogP contribution in [0.4, 0.5) is 71.5 Å². The summed E-state index contributed by atoms with van der Waals surface area (Å²) < 4.78 is 36.4. The summed E-state index contributed by atoms with van der Waals surface area (Å²) in [5.41, 5.74) is 37.0. The molecule has 42 nitrogen and oxygen atoms in total. The van der Waals surface area contributed by atoms with Gasteiger partial charge in [0.2, 0.25) is 0 Å². The van der Waals surface area contributed by atoms with Gasteiger partial charge in [0.15, 0.2) is 28.2 Å². The van der Waals surface area contributed by atoms with E-state index in [0.717, 1.165) is 263 Å². The second-order valence-corrected chi connectivity index (χ2v) is 36.4. The molecule has 47 heteroatoms. The van der Waals surface area contributed by atoms with Gasteiger partial charge in [-0.15, -0.1) is 0 Å². The predicted octanol–water partition coefficient (Wildman–Crippen LogP) is 12.6. The smallest absolute Gasteiger partial charge is 0.167 e. The molecule has 20 aromatic heterocycles. The molecular formula is C85H96N42S5. The van der Waals surface area contributed by atoms with Gasteiger partial charge in [-0.25, -0.2) is 24.9 Å². The van der Waals surface area contributed by atoms with Gasteiger partial charge in [-0.05, 0) is 173 Å². The maximum Gasteiger partial charge on any atom is 0.167 e. The van der Waals surface area contributed by atoms with Crippen LogP contribution in [0.15, 0.2) is 166 Å². The normalized spacial score (nSPS) is 15.2. The molecule has 0 aromatic carbocycles. The molecule has 0 spiro atoms. The van der Waals surface area contributed by atoms with Crippen LogP contribution in [0.2, 0.25) is 0 Å². The topological polar surface area (TPSA) is 486 Å². The Bertz CT molecular complexity index is 7310. The van der Waals surface area contributed by atoms with E-state index in [9.17, 15) is 0 Å². The minimum atomic E-state index is 0. The lowest BCUT2D eigenvalue weighted by molar-refractivity contribution is 0.455. The van der Waals surface area contributed by atoms with Crippen molar-refractivity contribution in [1.82, 2.24) is 150 Å². The first kappa shape index (κ1) is 86.9. The molecule has 0 amide bonds. The van der Waals surface area contributed by atoms with Crippen molar-refractivity contribution in [3.63, 3.8) is 0 Å². The Morgan fingerprint density at radius 2 is 0.720 bits per heavy atom. The summed E-state index contributed by atoms with van der Waals surface area (Å²) in [5, 5.41) is 74.5. The third-order valence-corrected chi connectivity index (χ3v) is 26.4. The number of aryl methyl sites for hydroxylation is 7. The number of aromatic amines is 2. The Kier molecular flexibility index (Phi) is 25.0. The molecule has 0 aliphatic carbocycles. The number of anilines is 13. The van der Waals surface area contributed by atoms with Crippen molar-refractivity contribution in [2.45, 2.75) is 91.3 Å². The van der Waals surface area contributed by atoms with E-state index in [-0.39, 0.29) is 25.6 Å². The van der Waals surface area contributed by atoms with E-state index >= 15 is 0 Å². The molecule has 24 heterocycles. The Labute approximate surface area is 775 Å². The molecule has 2 atom stereocenters. The average molecular weight is 1870 g/mol. The summed E-state index contributed by atoms with van der Waals surface area (Å²) >= 11 is 7.20. The molecule has 4 fully saturated rings. The number of piperidine rings is 2. The number of H-pyrrole nitrogens is 2. The fourth-order valence-corrected chi connectivity index (χ4v) is 19.4. The van der Waals surface area contributed by atoms with Gasteiger partial charge in [-0.1, -0.05) is 7.43 Å². The molecule has 0 bridgehead atoms. The van der Waals surface area contributed by atoms with Crippen LogP contribution in [-0.4, -0.2) is 215 Å². The molecule has 0 saturated carbocycles. The van der Waals surface area contributed by atoms with E-state index in [1.54, 1.807) is 49.5 Å². The fraction of sp³-hybridized carbons (Fsp3) is 0.294. The number of hydrogen-bond donors (Lipinski definition) is 11. The summed E-state index contributed by atoms with van der Waals surface area (Å²) in [4.78, 5) is 30.3. The van der Waals surface area contributed by atoms with Crippen LogP contribution in [0.1, 0.15) is 73.9 Å². The van der Waals surface area contributed by atoms with E-state index in [1.165, 1.54) is 63.4 Å². The van der Waals surface area contributed by atoms with E-state index in [4.69, 9.17) is 32.2 Å². The Morgan fingerprint density at radius 1 is 0.364 bits per heavy atom. The van der Waals surface area contributed by atoms with Gasteiger partial charge < -0.3 is 63.8 Å². The van der Waals surface area contributed by atoms with Crippen molar-refractivity contribution in [3.8, 4) is 55.6 Å². The number of aromatic nitrogens is 30. The highest BCUT2D eigenvalue weighted by Gasteiger charge is 2.30. The molecule has 24 rings (SSSR count). The third-order valence-electron chi connectivity index (χ3n) is 22.5. The zero-order valence-corrected chi connectivity index (χ0v) is 76.3. The largest absolute Gasteiger partial charge is 0.355 e. The second kappa shape index (κ2) is 37.9. The number of hydrogen-bond acceptors (Lipinski definition) is 37. The van der Waals surface area contributed by atoms with Crippen molar-refractivity contribution >= 4 is 157 Å². The van der Waals surface area contributed by atoms with Gasteiger partial charge in [0.1, 0.15) is 71.5 Å². The molecule has 0 unspecified atom stereocenters. The van der Waals surface area contributed by atoms with E-state index < -0.39 is 0 Å². The highest BCUT2D eigenvalue weighted by Crippen LogP contribution is 2.39. The van der Waals surface area contributed by atoms with Crippen LogP contribution >= 0.6 is 57.7 Å². The second-order valence-electron chi connectivity index (χ2n) is 32.4. The Hall–Kier alpha value is -14.5. The van der Waals surface area contributed by atoms with Gasteiger partial charge in [-0.3, -0.25) is 24.2 Å². The van der Waals surface area contributed by atoms with Gasteiger partial charge in [-0.2, -0.15) is 95.4 Å². The predicted molar refractivity (Wildman–Crippen MR) is 519 cm³/mol. The quantitative estimate of drug-likeness (QED) is 0.0358. The van der Waals surface area contributed by atoms with Crippen molar-refractivity contribution in [2.24, 2.45) is 38.3 Å². The molecule has 676 valence electrons. The number of nitrogens with two attached hydrogens (primary N) is 3. The third kappa shape index (κ3) is 18.9. The van der Waals surface area contributed by atoms with Crippen LogP contribution in [-0.2, 0) is 21.1 Å². The van der Waals surface area contributed by atoms with Crippen molar-refractivity contribution in [3.05, 3.63) is 194 Å². The summed E-state index contributed by atoms with van der Waals surface area (Å²) in [6.45, 7) is 15.1. The lowest BCUT2D eigenvalue weighted by Crippen LogP contribution is -2.56. The van der Waals surface area contributed by atoms with Crippen LogP contribution < -0.4 is 63.8 Å². The van der Waals surface area contributed by atoms with Gasteiger partial charge in [0.05, 0.1) is 90.4 Å². The summed E-state index contributed by atoms with van der Waals surface area (Å²) in [7, 11) is 5.70. The zero-order chi connectivity index (χ0) is 89.3. The molecule has 4 aliphatic rings. The first-order chi connectivity index (χ1) is 63.9. The minimum Gasteiger partial charge on any atom is -0.355 e. The molecule has 4 saturated heterocycles. The van der Waals surface area contributed by atoms with Crippen molar-refractivity contribution in [1.29, 1.82) is 0 Å². The van der Waals surface area contributed by atoms with Crippen molar-refractivity contribution < 1.29 is 0 Å². The monoisotopic (exact) mass is 1860 g/mol. The summed E-state index contributed by atoms with van der Waals surface area (Å²) in [6.07, 6.45) is 36.6. The molecule has 132 heavy (non-hydrogen) atoms. The molecule has 14 N–H and O–H groups in total. The van der Waals surface area contributed by atoms with Crippen LogP contribution in [0, 0.1) is 27.7 Å². The lowest BCUT2D eigenvalue weighted by Gasteiger charge is -2.38. The highest BCUT2D eigenvalue weighted by atomic mass is 32.1. The van der Waals surface area contributed by atoms with E-state index in [1.807, 2.05) is 196 Å².